The fourth-order valence-corrected chi connectivity index (χ4v) is 3.81. The molecule has 0 amide bonds. The highest BCUT2D eigenvalue weighted by atomic mass is 16.1. The van der Waals surface area contributed by atoms with Crippen LogP contribution in [-0.2, 0) is 0 Å². The van der Waals surface area contributed by atoms with Gasteiger partial charge in [0, 0.05) is 11.8 Å². The molecule has 7 heteroatoms. The van der Waals surface area contributed by atoms with Gasteiger partial charge in [-0.3, -0.25) is 9.48 Å². The summed E-state index contributed by atoms with van der Waals surface area (Å²) >= 11 is 0. The summed E-state index contributed by atoms with van der Waals surface area (Å²) in [5.74, 6) is 1.08. The van der Waals surface area contributed by atoms with Crippen LogP contribution >= 0.6 is 0 Å². The number of carbonyl (C=O) groups excluding carboxylic acids is 1. The molecule has 1 atom stereocenters. The summed E-state index contributed by atoms with van der Waals surface area (Å²) in [5.41, 5.74) is 1.95. The number of nitrogens with zero attached hydrogens (tertiary/aromatic N) is 5. The van der Waals surface area contributed by atoms with E-state index in [-0.39, 0.29) is 18.4 Å². The molecule has 0 unspecified atom stereocenters. The van der Waals surface area contributed by atoms with Gasteiger partial charge < -0.3 is 5.32 Å². The minimum atomic E-state index is -0.00211. The number of carbonyl (C=O) groups is 1. The standard InChI is InChI=1S/C17H18N6O/c18-6-5-13(11-3-1-2-4-11)23-9-12(7-22-23)16-15-14(24)8-19-17(15)21-10-20-16/h7,9-11,13H,1-5,8H2,(H,19,20,21)/t13-/m1/s1. The summed E-state index contributed by atoms with van der Waals surface area (Å²) < 4.78 is 1.88. The third-order valence-electron chi connectivity index (χ3n) is 5.00. The lowest BCUT2D eigenvalue weighted by atomic mass is 9.96. The van der Waals surface area contributed by atoms with Gasteiger partial charge in [0.05, 0.1) is 42.5 Å². The first-order valence-corrected chi connectivity index (χ1v) is 8.31. The third kappa shape index (κ3) is 2.44. The van der Waals surface area contributed by atoms with Crippen molar-refractivity contribution in [2.24, 2.45) is 5.92 Å². The van der Waals surface area contributed by atoms with Crippen LogP contribution in [0.5, 0.6) is 0 Å². The Morgan fingerprint density at radius 3 is 3.00 bits per heavy atom. The molecule has 1 aliphatic heterocycles. The monoisotopic (exact) mass is 322 g/mol. The summed E-state index contributed by atoms with van der Waals surface area (Å²) in [4.78, 5) is 20.5. The molecule has 1 fully saturated rings. The van der Waals surface area contributed by atoms with Crippen LogP contribution in [-0.4, -0.2) is 32.1 Å². The topological polar surface area (TPSA) is 96.5 Å². The zero-order valence-electron chi connectivity index (χ0n) is 13.3. The van der Waals surface area contributed by atoms with Gasteiger partial charge in [-0.1, -0.05) is 12.8 Å². The van der Waals surface area contributed by atoms with E-state index in [1.165, 1.54) is 19.2 Å². The fourth-order valence-electron chi connectivity index (χ4n) is 3.81. The van der Waals surface area contributed by atoms with Crippen molar-refractivity contribution in [2.75, 3.05) is 11.9 Å². The number of hydrogen-bond donors (Lipinski definition) is 1. The number of ketones is 1. The molecular weight excluding hydrogens is 304 g/mol. The second-order valence-electron chi connectivity index (χ2n) is 6.41. The number of nitriles is 1. The average molecular weight is 322 g/mol. The van der Waals surface area contributed by atoms with Gasteiger partial charge in [0.2, 0.25) is 0 Å². The van der Waals surface area contributed by atoms with Gasteiger partial charge in [-0.25, -0.2) is 9.97 Å². The van der Waals surface area contributed by atoms with Gasteiger partial charge in [-0.05, 0) is 18.8 Å². The van der Waals surface area contributed by atoms with Crippen LogP contribution < -0.4 is 5.32 Å². The normalized spacial score (nSPS) is 18.2. The summed E-state index contributed by atoms with van der Waals surface area (Å²) in [6, 6.07) is 2.38. The maximum absolute atomic E-state index is 12.1. The first-order valence-electron chi connectivity index (χ1n) is 8.31. The van der Waals surface area contributed by atoms with Crippen molar-refractivity contribution in [3.8, 4) is 17.3 Å². The second-order valence-corrected chi connectivity index (χ2v) is 6.41. The molecule has 0 aromatic carbocycles. The first kappa shape index (κ1) is 14.8. The molecule has 0 bridgehead atoms. The highest BCUT2D eigenvalue weighted by Gasteiger charge is 2.29. The molecule has 1 aliphatic carbocycles. The lowest BCUT2D eigenvalue weighted by Crippen LogP contribution is -2.17. The number of hydrogen-bond acceptors (Lipinski definition) is 6. The van der Waals surface area contributed by atoms with Gasteiger partial charge >= 0.3 is 0 Å². The summed E-state index contributed by atoms with van der Waals surface area (Å²) in [6.45, 7) is 0.258. The van der Waals surface area contributed by atoms with E-state index >= 15 is 0 Å². The van der Waals surface area contributed by atoms with Crippen molar-refractivity contribution in [1.82, 2.24) is 19.7 Å². The van der Waals surface area contributed by atoms with Gasteiger partial charge in [0.1, 0.15) is 12.1 Å². The van der Waals surface area contributed by atoms with Crippen molar-refractivity contribution in [2.45, 2.75) is 38.1 Å². The first-order chi connectivity index (χ1) is 11.8. The Bertz CT molecular complexity index is 815. The average Bonchev–Trinajstić information content (AvgIpc) is 3.34. The summed E-state index contributed by atoms with van der Waals surface area (Å²) in [7, 11) is 0. The Labute approximate surface area is 139 Å². The lowest BCUT2D eigenvalue weighted by molar-refractivity contribution is 0.101. The summed E-state index contributed by atoms with van der Waals surface area (Å²) in [6.07, 6.45) is 10.3. The molecule has 1 N–H and O–H groups in total. The lowest BCUT2D eigenvalue weighted by Gasteiger charge is -2.21. The number of fused-ring (bicyclic) bond motifs is 1. The smallest absolute Gasteiger partial charge is 0.187 e. The molecule has 2 aliphatic rings. The number of aromatic nitrogens is 4. The van der Waals surface area contributed by atoms with E-state index in [1.807, 2.05) is 10.9 Å². The van der Waals surface area contributed by atoms with Gasteiger partial charge in [0.25, 0.3) is 0 Å². The SMILES string of the molecule is N#CC[C@H](C1CCCC1)n1cc(-c2ncnc3c2C(=O)CN3)cn1. The minimum Gasteiger partial charge on any atom is -0.362 e. The quantitative estimate of drug-likeness (QED) is 0.929. The summed E-state index contributed by atoms with van der Waals surface area (Å²) in [5, 5.41) is 16.6. The maximum atomic E-state index is 12.1. The van der Waals surface area contributed by atoms with Gasteiger partial charge in [0.15, 0.2) is 5.78 Å². The van der Waals surface area contributed by atoms with Crippen molar-refractivity contribution in [3.05, 3.63) is 24.3 Å². The number of nitrogens with one attached hydrogen (secondary N) is 1. The molecule has 7 nitrogen and oxygen atoms in total. The van der Waals surface area contributed by atoms with Crippen LogP contribution in [0, 0.1) is 17.2 Å². The molecule has 24 heavy (non-hydrogen) atoms. The molecule has 4 rings (SSSR count). The maximum Gasteiger partial charge on any atom is 0.187 e. The van der Waals surface area contributed by atoms with Crippen molar-refractivity contribution >= 4 is 11.6 Å². The van der Waals surface area contributed by atoms with Crippen LogP contribution in [0.15, 0.2) is 18.7 Å². The number of rotatable bonds is 4. The highest BCUT2D eigenvalue weighted by Crippen LogP contribution is 2.37. The third-order valence-corrected chi connectivity index (χ3v) is 5.00. The fraction of sp³-hybridized carbons (Fsp3) is 0.471. The Kier molecular flexibility index (Phi) is 3.73. The van der Waals surface area contributed by atoms with Crippen LogP contribution in [0.4, 0.5) is 5.82 Å². The van der Waals surface area contributed by atoms with Crippen LogP contribution in [0.3, 0.4) is 0 Å². The Balaban J connectivity index is 1.69. The molecule has 2 aromatic rings. The van der Waals surface area contributed by atoms with Crippen LogP contribution in [0.1, 0.15) is 48.5 Å². The van der Waals surface area contributed by atoms with Crippen molar-refractivity contribution in [1.29, 1.82) is 5.26 Å². The minimum absolute atomic E-state index is 0.00211. The van der Waals surface area contributed by atoms with E-state index in [1.54, 1.807) is 6.20 Å². The van der Waals surface area contributed by atoms with E-state index in [2.05, 4.69) is 26.5 Å². The van der Waals surface area contributed by atoms with Gasteiger partial charge in [-0.2, -0.15) is 10.4 Å². The Morgan fingerprint density at radius 2 is 2.21 bits per heavy atom. The Morgan fingerprint density at radius 1 is 1.38 bits per heavy atom. The van der Waals surface area contributed by atoms with Crippen molar-refractivity contribution < 1.29 is 4.79 Å². The molecule has 1 saturated carbocycles. The zero-order chi connectivity index (χ0) is 16.5. The van der Waals surface area contributed by atoms with E-state index in [0.717, 1.165) is 18.4 Å². The molecule has 122 valence electrons. The van der Waals surface area contributed by atoms with Crippen molar-refractivity contribution in [3.63, 3.8) is 0 Å². The van der Waals surface area contributed by atoms with E-state index in [9.17, 15) is 10.1 Å². The second kappa shape index (κ2) is 6.04. The molecule has 3 heterocycles. The van der Waals surface area contributed by atoms with Crippen LogP contribution in [0.2, 0.25) is 0 Å². The zero-order valence-corrected chi connectivity index (χ0v) is 13.3. The Hall–Kier alpha value is -2.75. The number of anilines is 1. The molecule has 0 radical (unpaired) electrons. The predicted octanol–water partition coefficient (Wildman–Crippen LogP) is 2.59. The van der Waals surface area contributed by atoms with Crippen LogP contribution in [0.25, 0.3) is 11.3 Å². The van der Waals surface area contributed by atoms with Gasteiger partial charge in [-0.15, -0.1) is 0 Å². The molecular formula is C17H18N6O. The highest BCUT2D eigenvalue weighted by molar-refractivity contribution is 6.11. The van der Waals surface area contributed by atoms with E-state index in [0.29, 0.717) is 29.4 Å². The molecule has 0 saturated heterocycles. The van der Waals surface area contributed by atoms with E-state index in [4.69, 9.17) is 0 Å². The number of Topliss-reactive ketones (excluding diaryl/α,β-unsaturated/α-hetero) is 1. The molecule has 0 spiro atoms. The largest absolute Gasteiger partial charge is 0.362 e. The van der Waals surface area contributed by atoms with E-state index < -0.39 is 0 Å². The molecule has 2 aromatic heterocycles. The predicted molar refractivity (Wildman–Crippen MR) is 87.3 cm³/mol.